The summed E-state index contributed by atoms with van der Waals surface area (Å²) >= 11 is -2.52. The van der Waals surface area contributed by atoms with Crippen molar-refractivity contribution in [2.45, 2.75) is 19.3 Å². The number of carboxylic acid groups (broad SMARTS) is 1. The van der Waals surface area contributed by atoms with Gasteiger partial charge in [0.25, 0.3) is 0 Å². The Bertz CT molecular complexity index is 1370. The number of aryl methyl sites for hydroxylation is 2. The zero-order chi connectivity index (χ0) is 24.9. The summed E-state index contributed by atoms with van der Waals surface area (Å²) in [6.07, 6.45) is 2.23. The molecule has 0 aliphatic carbocycles. The van der Waals surface area contributed by atoms with Crippen LogP contribution in [0.4, 0.5) is 17.1 Å². The Kier molecular flexibility index (Phi) is 7.48. The summed E-state index contributed by atoms with van der Waals surface area (Å²) in [5.74, 6) is -0.942. The quantitative estimate of drug-likeness (QED) is 0.306. The molecule has 4 aromatic rings. The Morgan fingerprint density at radius 1 is 0.800 bits per heavy atom. The molecule has 7 heteroatoms. The highest BCUT2D eigenvalue weighted by Gasteiger charge is 2.18. The first-order valence-electron chi connectivity index (χ1n) is 11.4. The van der Waals surface area contributed by atoms with Gasteiger partial charge in [0, 0.05) is 30.6 Å². The van der Waals surface area contributed by atoms with Crippen LogP contribution in [0.3, 0.4) is 0 Å². The van der Waals surface area contributed by atoms with Gasteiger partial charge in [-0.3, -0.25) is 8.51 Å². The molecule has 35 heavy (non-hydrogen) atoms. The predicted molar refractivity (Wildman–Crippen MR) is 141 cm³/mol. The molecule has 0 radical (unpaired) electrons. The van der Waals surface area contributed by atoms with Crippen LogP contribution in [0, 0.1) is 0 Å². The van der Waals surface area contributed by atoms with Gasteiger partial charge in [-0.05, 0) is 60.7 Å². The normalized spacial score (nSPS) is 11.9. The van der Waals surface area contributed by atoms with Gasteiger partial charge in [0.1, 0.15) is 0 Å². The van der Waals surface area contributed by atoms with Crippen LogP contribution in [0.5, 0.6) is 0 Å². The second-order valence-corrected chi connectivity index (χ2v) is 9.34. The summed E-state index contributed by atoms with van der Waals surface area (Å²) in [6.45, 7) is 0. The monoisotopic (exact) mass is 487 g/mol. The van der Waals surface area contributed by atoms with Gasteiger partial charge in [-0.1, -0.05) is 54.6 Å². The molecule has 6 nitrogen and oxygen atoms in total. The molecule has 1 atom stereocenters. The molecule has 0 saturated heterocycles. The zero-order valence-electron chi connectivity index (χ0n) is 19.7. The van der Waals surface area contributed by atoms with E-state index in [4.69, 9.17) is 5.11 Å². The maximum absolute atomic E-state index is 12.6. The Hall–Kier alpha value is -3.68. The number of hydrogen-bond acceptors (Lipinski definition) is 4. The second-order valence-electron chi connectivity index (χ2n) is 8.54. The van der Waals surface area contributed by atoms with Crippen molar-refractivity contribution in [3.05, 3.63) is 102 Å². The molecule has 0 fully saturated rings. The highest BCUT2D eigenvalue weighted by molar-refractivity contribution is 7.81. The number of carbonyl (C=O) groups is 1. The Labute approximate surface area is 207 Å². The molecule has 0 bridgehead atoms. The third-order valence-electron chi connectivity index (χ3n) is 6.05. The fourth-order valence-electron chi connectivity index (χ4n) is 4.35. The van der Waals surface area contributed by atoms with Gasteiger partial charge in [-0.25, -0.2) is 4.79 Å². The molecule has 180 valence electrons. The van der Waals surface area contributed by atoms with E-state index in [0.29, 0.717) is 17.8 Å². The number of carboxylic acids is 1. The zero-order valence-corrected chi connectivity index (χ0v) is 20.5. The van der Waals surface area contributed by atoms with Crippen molar-refractivity contribution < 1.29 is 18.7 Å². The SMILES string of the molecule is CN(C)c1cccc2c(N(c3ccccc3CCCc3ccc(C(=O)O)cc3)S(=O)[O-])cccc12. The number of fused-ring (bicyclic) bond motifs is 1. The Balaban J connectivity index is 1.64. The molecule has 0 aliphatic rings. The average molecular weight is 488 g/mol. The predicted octanol–water partition coefficient (Wildman–Crippen LogP) is 5.71. The molecule has 0 saturated carbocycles. The van der Waals surface area contributed by atoms with Crippen LogP contribution in [0.15, 0.2) is 84.9 Å². The van der Waals surface area contributed by atoms with Gasteiger partial charge < -0.3 is 14.6 Å². The first kappa shape index (κ1) is 24.4. The molecule has 4 aromatic carbocycles. The molecule has 4 rings (SSSR count). The summed E-state index contributed by atoms with van der Waals surface area (Å²) in [5, 5.41) is 10.9. The van der Waals surface area contributed by atoms with E-state index in [1.54, 1.807) is 12.1 Å². The van der Waals surface area contributed by atoms with E-state index in [0.717, 1.165) is 40.4 Å². The largest absolute Gasteiger partial charge is 0.755 e. The highest BCUT2D eigenvalue weighted by Crippen LogP contribution is 2.38. The van der Waals surface area contributed by atoms with E-state index in [1.807, 2.05) is 91.8 Å². The van der Waals surface area contributed by atoms with Crippen LogP contribution in [0.2, 0.25) is 0 Å². The summed E-state index contributed by atoms with van der Waals surface area (Å²) in [5.41, 5.74) is 4.49. The third kappa shape index (κ3) is 5.37. The molecular formula is C28H27N2O4S-. The standard InChI is InChI=1S/C28H28N2O4S/c1-29(2)26-14-6-12-24-23(26)11-7-15-27(24)30(35(33)34)25-13-4-3-9-21(25)10-5-8-20-16-18-22(19-17-20)28(31)32/h3-4,6-7,9,11-19H,5,8,10H2,1-2H3,(H,31,32)(H,33,34)/p-1. The van der Waals surface area contributed by atoms with Gasteiger partial charge in [0.15, 0.2) is 0 Å². The lowest BCUT2D eigenvalue weighted by atomic mass is 10.0. The van der Waals surface area contributed by atoms with E-state index in [1.165, 1.54) is 4.31 Å². The van der Waals surface area contributed by atoms with Crippen LogP contribution in [-0.2, 0) is 24.1 Å². The summed E-state index contributed by atoms with van der Waals surface area (Å²) in [4.78, 5) is 13.1. The lowest BCUT2D eigenvalue weighted by Gasteiger charge is -2.30. The van der Waals surface area contributed by atoms with Gasteiger partial charge >= 0.3 is 5.97 Å². The molecule has 0 aliphatic heterocycles. The molecule has 0 aromatic heterocycles. The molecular weight excluding hydrogens is 460 g/mol. The fourth-order valence-corrected chi connectivity index (χ4v) is 5.01. The van der Waals surface area contributed by atoms with Gasteiger partial charge in [-0.2, -0.15) is 0 Å². The Morgan fingerprint density at radius 2 is 1.40 bits per heavy atom. The number of anilines is 3. The van der Waals surface area contributed by atoms with Crippen molar-refractivity contribution in [1.82, 2.24) is 0 Å². The second kappa shape index (κ2) is 10.7. The van der Waals surface area contributed by atoms with Gasteiger partial charge in [-0.15, -0.1) is 0 Å². The van der Waals surface area contributed by atoms with Crippen LogP contribution in [0.25, 0.3) is 10.8 Å². The average Bonchev–Trinajstić information content (AvgIpc) is 2.85. The maximum Gasteiger partial charge on any atom is 0.335 e. The van der Waals surface area contributed by atoms with Crippen LogP contribution in [-0.4, -0.2) is 33.9 Å². The van der Waals surface area contributed by atoms with E-state index in [-0.39, 0.29) is 5.56 Å². The highest BCUT2D eigenvalue weighted by atomic mass is 32.2. The van der Waals surface area contributed by atoms with Crippen molar-refractivity contribution in [3.63, 3.8) is 0 Å². The van der Waals surface area contributed by atoms with Gasteiger partial charge in [0.05, 0.1) is 28.2 Å². The molecule has 1 unspecified atom stereocenters. The minimum Gasteiger partial charge on any atom is -0.755 e. The lowest BCUT2D eigenvalue weighted by molar-refractivity contribution is 0.0697. The minimum atomic E-state index is -2.52. The third-order valence-corrected chi connectivity index (χ3v) is 6.74. The molecule has 0 heterocycles. The van der Waals surface area contributed by atoms with Crippen LogP contribution >= 0.6 is 0 Å². The number of benzene rings is 4. The van der Waals surface area contributed by atoms with Crippen molar-refractivity contribution >= 4 is 45.1 Å². The van der Waals surface area contributed by atoms with E-state index < -0.39 is 17.2 Å². The number of nitrogens with zero attached hydrogens (tertiary/aromatic N) is 2. The van der Waals surface area contributed by atoms with E-state index in [2.05, 4.69) is 0 Å². The summed E-state index contributed by atoms with van der Waals surface area (Å²) < 4.78 is 26.5. The van der Waals surface area contributed by atoms with Crippen LogP contribution in [0.1, 0.15) is 27.9 Å². The van der Waals surface area contributed by atoms with E-state index in [9.17, 15) is 13.6 Å². The van der Waals surface area contributed by atoms with Gasteiger partial charge in [0.2, 0.25) is 0 Å². The summed E-state index contributed by atoms with van der Waals surface area (Å²) in [6, 6.07) is 26.0. The fraction of sp³-hybridized carbons (Fsp3) is 0.179. The number of rotatable bonds is 9. The van der Waals surface area contributed by atoms with Crippen molar-refractivity contribution in [3.8, 4) is 0 Å². The lowest BCUT2D eigenvalue weighted by Crippen LogP contribution is -2.21. The molecule has 1 N–H and O–H groups in total. The van der Waals surface area contributed by atoms with Crippen molar-refractivity contribution in [2.24, 2.45) is 0 Å². The maximum atomic E-state index is 12.6. The topological polar surface area (TPSA) is 83.9 Å². The number of hydrogen-bond donors (Lipinski definition) is 1. The number of aromatic carboxylic acids is 1. The Morgan fingerprint density at radius 3 is 2.03 bits per heavy atom. The first-order chi connectivity index (χ1) is 16.9. The molecule has 0 spiro atoms. The minimum absolute atomic E-state index is 0.264. The van der Waals surface area contributed by atoms with E-state index >= 15 is 0 Å². The molecule has 0 amide bonds. The van der Waals surface area contributed by atoms with Crippen molar-refractivity contribution in [2.75, 3.05) is 23.3 Å². The van der Waals surface area contributed by atoms with Crippen LogP contribution < -0.4 is 9.21 Å². The van der Waals surface area contributed by atoms with Crippen molar-refractivity contribution in [1.29, 1.82) is 0 Å². The summed E-state index contributed by atoms with van der Waals surface area (Å²) in [7, 11) is 3.94. The smallest absolute Gasteiger partial charge is 0.335 e. The number of para-hydroxylation sites is 1. The first-order valence-corrected chi connectivity index (χ1v) is 12.4.